The summed E-state index contributed by atoms with van der Waals surface area (Å²) in [6.07, 6.45) is 6.37. The average Bonchev–Trinajstić information content (AvgIpc) is 2.74. The van der Waals surface area contributed by atoms with Gasteiger partial charge in [0.2, 0.25) is 0 Å². The minimum absolute atomic E-state index is 0.503. The lowest BCUT2D eigenvalue weighted by atomic mass is 9.80. The number of aryl methyl sites for hydroxylation is 2. The predicted molar refractivity (Wildman–Crippen MR) is 86.3 cm³/mol. The number of nitrogens with two attached hydrogens (primary N) is 1. The third kappa shape index (κ3) is 2.30. The molecule has 2 N–H and O–H groups in total. The van der Waals surface area contributed by atoms with Crippen molar-refractivity contribution >= 4 is 27.4 Å². The zero-order valence-corrected chi connectivity index (χ0v) is 13.4. The maximum atomic E-state index is 6.20. The maximum absolute atomic E-state index is 6.20. The van der Waals surface area contributed by atoms with Gasteiger partial charge in [0.25, 0.3) is 0 Å². The van der Waals surface area contributed by atoms with Gasteiger partial charge in [-0.1, -0.05) is 26.2 Å². The minimum atomic E-state index is 0.503. The van der Waals surface area contributed by atoms with Gasteiger partial charge in [-0.15, -0.1) is 11.3 Å². The van der Waals surface area contributed by atoms with Crippen LogP contribution < -0.4 is 5.73 Å². The first kappa shape index (κ1) is 13.8. The molecule has 2 atom stereocenters. The van der Waals surface area contributed by atoms with Gasteiger partial charge in [0.05, 0.1) is 5.39 Å². The Morgan fingerprint density at radius 2 is 2.05 bits per heavy atom. The Labute approximate surface area is 124 Å². The number of anilines is 1. The summed E-state index contributed by atoms with van der Waals surface area (Å²) >= 11 is 1.75. The summed E-state index contributed by atoms with van der Waals surface area (Å²) in [5.74, 6) is 2.99. The van der Waals surface area contributed by atoms with Crippen molar-refractivity contribution in [2.75, 3.05) is 5.73 Å². The van der Waals surface area contributed by atoms with Crippen LogP contribution in [-0.2, 0) is 0 Å². The van der Waals surface area contributed by atoms with Gasteiger partial charge in [0.15, 0.2) is 0 Å². The van der Waals surface area contributed by atoms with Gasteiger partial charge in [-0.05, 0) is 38.2 Å². The van der Waals surface area contributed by atoms with Crippen LogP contribution in [0.5, 0.6) is 0 Å². The Bertz CT molecular complexity index is 632. The summed E-state index contributed by atoms with van der Waals surface area (Å²) in [5.41, 5.74) is 7.44. The molecule has 108 valence electrons. The fraction of sp³-hybridized carbons (Fsp3) is 0.625. The number of rotatable bonds is 2. The first-order valence-electron chi connectivity index (χ1n) is 7.63. The molecule has 4 heteroatoms. The molecule has 3 nitrogen and oxygen atoms in total. The Morgan fingerprint density at radius 3 is 2.80 bits per heavy atom. The van der Waals surface area contributed by atoms with Crippen LogP contribution in [0.2, 0.25) is 0 Å². The molecule has 1 saturated carbocycles. The molecule has 1 aliphatic rings. The van der Waals surface area contributed by atoms with E-state index in [2.05, 4.69) is 25.8 Å². The number of hydrogen-bond acceptors (Lipinski definition) is 4. The Kier molecular flexibility index (Phi) is 3.67. The molecule has 1 fully saturated rings. The molecule has 2 aromatic heterocycles. The van der Waals surface area contributed by atoms with E-state index >= 15 is 0 Å². The van der Waals surface area contributed by atoms with Crippen LogP contribution in [0.15, 0.2) is 0 Å². The normalized spacial score (nSPS) is 23.4. The highest BCUT2D eigenvalue weighted by atomic mass is 32.1. The van der Waals surface area contributed by atoms with E-state index in [-0.39, 0.29) is 0 Å². The van der Waals surface area contributed by atoms with E-state index in [0.29, 0.717) is 11.7 Å². The standard InChI is InChI=1S/C16H23N3S/c1-4-11-6-5-7-12(8-11)15-18-14(17)13-9(2)10(3)20-16(13)19-15/h11-12H,4-8H2,1-3H3,(H2,17,18,19). The van der Waals surface area contributed by atoms with Crippen LogP contribution in [0.1, 0.15) is 61.2 Å². The molecular formula is C16H23N3S. The first-order chi connectivity index (χ1) is 9.60. The van der Waals surface area contributed by atoms with E-state index in [1.165, 1.54) is 42.5 Å². The zero-order valence-electron chi connectivity index (χ0n) is 12.6. The molecule has 0 aromatic carbocycles. The van der Waals surface area contributed by atoms with E-state index < -0.39 is 0 Å². The summed E-state index contributed by atoms with van der Waals surface area (Å²) in [4.78, 5) is 11.8. The second-order valence-corrected chi connectivity index (χ2v) is 7.27. The van der Waals surface area contributed by atoms with Gasteiger partial charge in [0.1, 0.15) is 16.5 Å². The van der Waals surface area contributed by atoms with Crippen molar-refractivity contribution in [1.29, 1.82) is 0 Å². The highest BCUT2D eigenvalue weighted by Crippen LogP contribution is 2.38. The van der Waals surface area contributed by atoms with Crippen molar-refractivity contribution in [3.8, 4) is 0 Å². The molecule has 0 amide bonds. The minimum Gasteiger partial charge on any atom is -0.383 e. The zero-order chi connectivity index (χ0) is 14.3. The van der Waals surface area contributed by atoms with Gasteiger partial charge < -0.3 is 5.73 Å². The molecule has 2 aromatic rings. The fourth-order valence-electron chi connectivity index (χ4n) is 3.38. The Hall–Kier alpha value is -1.16. The Balaban J connectivity index is 2.00. The lowest BCUT2D eigenvalue weighted by molar-refractivity contribution is 0.308. The van der Waals surface area contributed by atoms with Gasteiger partial charge in [-0.25, -0.2) is 9.97 Å². The molecule has 0 spiro atoms. The van der Waals surface area contributed by atoms with Crippen molar-refractivity contribution in [1.82, 2.24) is 9.97 Å². The molecular weight excluding hydrogens is 266 g/mol. The third-order valence-corrected chi connectivity index (χ3v) is 5.90. The quantitative estimate of drug-likeness (QED) is 0.880. The lowest BCUT2D eigenvalue weighted by Crippen LogP contribution is -2.16. The van der Waals surface area contributed by atoms with Crippen molar-refractivity contribution in [2.45, 2.75) is 58.8 Å². The molecule has 2 unspecified atom stereocenters. The van der Waals surface area contributed by atoms with Gasteiger partial charge in [-0.2, -0.15) is 0 Å². The van der Waals surface area contributed by atoms with Crippen LogP contribution in [0.3, 0.4) is 0 Å². The molecule has 0 saturated heterocycles. The molecule has 0 bridgehead atoms. The lowest BCUT2D eigenvalue weighted by Gasteiger charge is -2.27. The summed E-state index contributed by atoms with van der Waals surface area (Å²) in [7, 11) is 0. The van der Waals surface area contributed by atoms with E-state index in [4.69, 9.17) is 10.7 Å². The van der Waals surface area contributed by atoms with Crippen molar-refractivity contribution in [2.24, 2.45) is 5.92 Å². The van der Waals surface area contributed by atoms with E-state index in [9.17, 15) is 0 Å². The molecule has 1 aliphatic carbocycles. The highest BCUT2D eigenvalue weighted by molar-refractivity contribution is 7.18. The third-order valence-electron chi connectivity index (χ3n) is 4.80. The van der Waals surface area contributed by atoms with Crippen molar-refractivity contribution < 1.29 is 0 Å². The smallest absolute Gasteiger partial charge is 0.136 e. The van der Waals surface area contributed by atoms with E-state index in [0.717, 1.165) is 22.0 Å². The Morgan fingerprint density at radius 1 is 1.25 bits per heavy atom. The second-order valence-electron chi connectivity index (χ2n) is 6.07. The number of fused-ring (bicyclic) bond motifs is 1. The van der Waals surface area contributed by atoms with E-state index in [1.54, 1.807) is 11.3 Å². The predicted octanol–water partition coefficient (Wildman–Crippen LogP) is 4.57. The molecule has 3 rings (SSSR count). The molecule has 20 heavy (non-hydrogen) atoms. The second kappa shape index (κ2) is 5.32. The van der Waals surface area contributed by atoms with Crippen LogP contribution in [-0.4, -0.2) is 9.97 Å². The van der Waals surface area contributed by atoms with Gasteiger partial charge >= 0.3 is 0 Å². The number of nitrogen functional groups attached to an aromatic ring is 1. The number of aromatic nitrogens is 2. The van der Waals surface area contributed by atoms with E-state index in [1.807, 2.05) is 0 Å². The number of thiophene rings is 1. The first-order valence-corrected chi connectivity index (χ1v) is 8.44. The number of hydrogen-bond donors (Lipinski definition) is 1. The molecule has 2 heterocycles. The fourth-order valence-corrected chi connectivity index (χ4v) is 4.42. The summed E-state index contributed by atoms with van der Waals surface area (Å²) in [5, 5.41) is 1.07. The SMILES string of the molecule is CCC1CCCC(c2nc(N)c3c(C)c(C)sc3n2)C1. The van der Waals surface area contributed by atoms with Gasteiger partial charge in [-0.3, -0.25) is 0 Å². The van der Waals surface area contributed by atoms with Crippen molar-refractivity contribution in [3.63, 3.8) is 0 Å². The highest BCUT2D eigenvalue weighted by Gasteiger charge is 2.25. The van der Waals surface area contributed by atoms with Crippen LogP contribution >= 0.6 is 11.3 Å². The summed E-state index contributed by atoms with van der Waals surface area (Å²) in [6.45, 7) is 6.53. The maximum Gasteiger partial charge on any atom is 0.136 e. The largest absolute Gasteiger partial charge is 0.383 e. The average molecular weight is 289 g/mol. The number of nitrogens with zero attached hydrogens (tertiary/aromatic N) is 2. The van der Waals surface area contributed by atoms with Crippen LogP contribution in [0.4, 0.5) is 5.82 Å². The van der Waals surface area contributed by atoms with Crippen LogP contribution in [0.25, 0.3) is 10.2 Å². The molecule has 0 aliphatic heterocycles. The topological polar surface area (TPSA) is 51.8 Å². The van der Waals surface area contributed by atoms with Gasteiger partial charge in [0, 0.05) is 10.8 Å². The molecule has 0 radical (unpaired) electrons. The monoisotopic (exact) mass is 289 g/mol. The van der Waals surface area contributed by atoms with Crippen molar-refractivity contribution in [3.05, 3.63) is 16.3 Å². The summed E-state index contributed by atoms with van der Waals surface area (Å²) in [6, 6.07) is 0. The van der Waals surface area contributed by atoms with Crippen LogP contribution in [0, 0.1) is 19.8 Å². The summed E-state index contributed by atoms with van der Waals surface area (Å²) < 4.78 is 0.